The van der Waals surface area contributed by atoms with Crippen LogP contribution in [-0.4, -0.2) is 7.11 Å². The highest BCUT2D eigenvalue weighted by Crippen LogP contribution is 2.38. The zero-order valence-electron chi connectivity index (χ0n) is 9.96. The zero-order chi connectivity index (χ0) is 14.0. The van der Waals surface area contributed by atoms with Crippen LogP contribution in [0.3, 0.4) is 0 Å². The summed E-state index contributed by atoms with van der Waals surface area (Å²) in [6.07, 6.45) is 0. The minimum atomic E-state index is -0.000488. The molecule has 19 heavy (non-hydrogen) atoms. The fraction of sp³-hybridized carbons (Fsp3) is 0.143. The van der Waals surface area contributed by atoms with Crippen molar-refractivity contribution in [3.05, 3.63) is 62.0 Å². The lowest BCUT2D eigenvalue weighted by Crippen LogP contribution is -1.95. The summed E-state index contributed by atoms with van der Waals surface area (Å²) in [5.41, 5.74) is 2.06. The fourth-order valence-electron chi connectivity index (χ4n) is 1.73. The summed E-state index contributed by atoms with van der Waals surface area (Å²) < 4.78 is 6.12. The molecular formula is C14H10Br2Cl2O. The number of hydrogen-bond acceptors (Lipinski definition) is 1. The molecular weight excluding hydrogens is 415 g/mol. The van der Waals surface area contributed by atoms with E-state index in [2.05, 4.69) is 31.9 Å². The van der Waals surface area contributed by atoms with E-state index in [0.717, 1.165) is 21.3 Å². The van der Waals surface area contributed by atoms with Crippen LogP contribution in [0.2, 0.25) is 10.0 Å². The first-order chi connectivity index (χ1) is 9.02. The van der Waals surface area contributed by atoms with Crippen LogP contribution in [0.25, 0.3) is 0 Å². The summed E-state index contributed by atoms with van der Waals surface area (Å²) in [5, 5.41) is 1.27. The van der Waals surface area contributed by atoms with Gasteiger partial charge in [-0.15, -0.1) is 0 Å². The van der Waals surface area contributed by atoms with Crippen LogP contribution in [0.5, 0.6) is 5.75 Å². The van der Waals surface area contributed by atoms with E-state index in [0.29, 0.717) is 10.0 Å². The van der Waals surface area contributed by atoms with E-state index in [1.54, 1.807) is 13.2 Å². The van der Waals surface area contributed by atoms with Crippen LogP contribution in [-0.2, 0) is 0 Å². The summed E-state index contributed by atoms with van der Waals surface area (Å²) in [7, 11) is 1.64. The smallest absolute Gasteiger partial charge is 0.133 e. The predicted molar refractivity (Wildman–Crippen MR) is 87.9 cm³/mol. The second-order valence-electron chi connectivity index (χ2n) is 3.92. The van der Waals surface area contributed by atoms with Crippen molar-refractivity contribution in [1.29, 1.82) is 0 Å². The highest BCUT2D eigenvalue weighted by molar-refractivity contribution is 9.10. The molecule has 1 unspecified atom stereocenters. The van der Waals surface area contributed by atoms with Crippen molar-refractivity contribution in [3.63, 3.8) is 0 Å². The Morgan fingerprint density at radius 1 is 1.11 bits per heavy atom. The Labute approximate surface area is 139 Å². The molecule has 0 aliphatic rings. The van der Waals surface area contributed by atoms with Crippen molar-refractivity contribution < 1.29 is 4.74 Å². The van der Waals surface area contributed by atoms with E-state index in [1.807, 2.05) is 30.3 Å². The molecule has 0 saturated carbocycles. The van der Waals surface area contributed by atoms with Gasteiger partial charge in [0.2, 0.25) is 0 Å². The van der Waals surface area contributed by atoms with Crippen LogP contribution in [0.4, 0.5) is 0 Å². The normalized spacial score (nSPS) is 12.3. The molecule has 0 fully saturated rings. The van der Waals surface area contributed by atoms with E-state index >= 15 is 0 Å². The van der Waals surface area contributed by atoms with Crippen LogP contribution >= 0.6 is 55.1 Å². The molecule has 2 aromatic rings. The lowest BCUT2D eigenvalue weighted by atomic mass is 10.0. The number of alkyl halides is 1. The Kier molecular flexibility index (Phi) is 5.18. The average molecular weight is 425 g/mol. The molecule has 0 heterocycles. The lowest BCUT2D eigenvalue weighted by Gasteiger charge is -2.14. The molecule has 0 aliphatic carbocycles. The van der Waals surface area contributed by atoms with Crippen molar-refractivity contribution in [2.45, 2.75) is 4.83 Å². The molecule has 0 N–H and O–H groups in total. The molecule has 2 rings (SSSR count). The summed E-state index contributed by atoms with van der Waals surface area (Å²) in [5.74, 6) is 0.797. The van der Waals surface area contributed by atoms with Gasteiger partial charge in [0, 0.05) is 10.0 Å². The van der Waals surface area contributed by atoms with Crippen LogP contribution in [0.15, 0.2) is 40.9 Å². The SMILES string of the molecule is COc1ccc(C(Br)c2ccc(Cl)cc2Cl)cc1Br. The second kappa shape index (κ2) is 6.49. The lowest BCUT2D eigenvalue weighted by molar-refractivity contribution is 0.412. The maximum atomic E-state index is 6.22. The highest BCUT2D eigenvalue weighted by Gasteiger charge is 2.15. The van der Waals surface area contributed by atoms with Crippen LogP contribution < -0.4 is 4.74 Å². The van der Waals surface area contributed by atoms with Gasteiger partial charge in [0.15, 0.2) is 0 Å². The molecule has 5 heteroatoms. The molecule has 0 aromatic heterocycles. The predicted octanol–water partition coefficient (Wildman–Crippen LogP) is 6.25. The van der Waals surface area contributed by atoms with E-state index in [1.165, 1.54) is 0 Å². The third-order valence-corrected chi connectivity index (χ3v) is 4.91. The maximum absolute atomic E-state index is 6.22. The van der Waals surface area contributed by atoms with Crippen molar-refractivity contribution in [2.24, 2.45) is 0 Å². The first-order valence-electron chi connectivity index (χ1n) is 5.45. The van der Waals surface area contributed by atoms with Crippen LogP contribution in [0, 0.1) is 0 Å². The van der Waals surface area contributed by atoms with E-state index < -0.39 is 0 Å². The highest BCUT2D eigenvalue weighted by atomic mass is 79.9. The molecule has 1 nitrogen and oxygen atoms in total. The van der Waals surface area contributed by atoms with Crippen molar-refractivity contribution in [1.82, 2.24) is 0 Å². The molecule has 0 spiro atoms. The summed E-state index contributed by atoms with van der Waals surface area (Å²) >= 11 is 19.3. The number of methoxy groups -OCH3 is 1. The van der Waals surface area contributed by atoms with Gasteiger partial charge in [-0.05, 0) is 51.3 Å². The van der Waals surface area contributed by atoms with Gasteiger partial charge in [-0.2, -0.15) is 0 Å². The fourth-order valence-corrected chi connectivity index (χ4v) is 3.62. The number of halogens is 4. The zero-order valence-corrected chi connectivity index (χ0v) is 14.6. The van der Waals surface area contributed by atoms with Crippen molar-refractivity contribution >= 4 is 55.1 Å². The Morgan fingerprint density at radius 3 is 2.42 bits per heavy atom. The summed E-state index contributed by atoms with van der Waals surface area (Å²) in [6.45, 7) is 0. The van der Waals surface area contributed by atoms with Gasteiger partial charge in [0.1, 0.15) is 5.75 Å². The van der Waals surface area contributed by atoms with Gasteiger partial charge in [0.05, 0.1) is 16.4 Å². The number of rotatable bonds is 3. The van der Waals surface area contributed by atoms with E-state index in [4.69, 9.17) is 27.9 Å². The van der Waals surface area contributed by atoms with Crippen molar-refractivity contribution in [2.75, 3.05) is 7.11 Å². The molecule has 0 amide bonds. The molecule has 0 saturated heterocycles. The van der Waals surface area contributed by atoms with Gasteiger partial charge < -0.3 is 4.74 Å². The maximum Gasteiger partial charge on any atom is 0.133 e. The minimum Gasteiger partial charge on any atom is -0.496 e. The topological polar surface area (TPSA) is 9.23 Å². The molecule has 0 aliphatic heterocycles. The van der Waals surface area contributed by atoms with Gasteiger partial charge in [-0.1, -0.05) is 51.3 Å². The minimum absolute atomic E-state index is 0.000488. The van der Waals surface area contributed by atoms with Crippen molar-refractivity contribution in [3.8, 4) is 5.75 Å². The average Bonchev–Trinajstić information content (AvgIpc) is 2.38. The number of benzene rings is 2. The molecule has 2 aromatic carbocycles. The van der Waals surface area contributed by atoms with E-state index in [9.17, 15) is 0 Å². The van der Waals surface area contributed by atoms with Gasteiger partial charge in [-0.3, -0.25) is 0 Å². The third kappa shape index (κ3) is 3.46. The molecule has 0 bridgehead atoms. The third-order valence-electron chi connectivity index (χ3n) is 2.70. The standard InChI is InChI=1S/C14H10Br2Cl2O/c1-19-13-5-2-8(6-11(13)15)14(16)10-4-3-9(17)7-12(10)18/h2-7,14H,1H3. The number of ether oxygens (including phenoxy) is 1. The first kappa shape index (κ1) is 15.2. The second-order valence-corrected chi connectivity index (χ2v) is 6.54. The summed E-state index contributed by atoms with van der Waals surface area (Å²) in [6, 6.07) is 11.4. The van der Waals surface area contributed by atoms with E-state index in [-0.39, 0.29) is 4.83 Å². The summed E-state index contributed by atoms with van der Waals surface area (Å²) in [4.78, 5) is -0.000488. The Hall–Kier alpha value is -0.220. The van der Waals surface area contributed by atoms with Gasteiger partial charge in [-0.25, -0.2) is 0 Å². The number of hydrogen-bond donors (Lipinski definition) is 0. The van der Waals surface area contributed by atoms with Gasteiger partial charge in [0.25, 0.3) is 0 Å². The molecule has 1 atom stereocenters. The van der Waals surface area contributed by atoms with Gasteiger partial charge >= 0.3 is 0 Å². The molecule has 0 radical (unpaired) electrons. The Bertz CT molecular complexity index is 602. The first-order valence-corrected chi connectivity index (χ1v) is 7.92. The monoisotopic (exact) mass is 422 g/mol. The largest absolute Gasteiger partial charge is 0.496 e. The Morgan fingerprint density at radius 2 is 1.84 bits per heavy atom. The quantitative estimate of drug-likeness (QED) is 0.529. The molecule has 100 valence electrons. The van der Waals surface area contributed by atoms with Crippen LogP contribution in [0.1, 0.15) is 16.0 Å². The Balaban J connectivity index is 2.38.